The van der Waals surface area contributed by atoms with Gasteiger partial charge in [0.15, 0.2) is 0 Å². The molecule has 4 heteroatoms. The van der Waals surface area contributed by atoms with Crippen LogP contribution in [0.4, 0.5) is 0 Å². The van der Waals surface area contributed by atoms with Gasteiger partial charge in [0.2, 0.25) is 0 Å². The summed E-state index contributed by atoms with van der Waals surface area (Å²) in [5, 5.41) is 9.28. The number of benzene rings is 1. The molecule has 0 aliphatic carbocycles. The van der Waals surface area contributed by atoms with Crippen LogP contribution in [-0.4, -0.2) is 5.11 Å². The van der Waals surface area contributed by atoms with Gasteiger partial charge in [0.05, 0.1) is 10.3 Å². The standard InChI is InChI=1S/C6H3Br3O/c7-3-1-4(8)6(10)5(9)2-3/h1-2,10H/i1D. The number of halogens is 3. The molecule has 0 saturated heterocycles. The molecule has 0 saturated carbocycles. The van der Waals surface area contributed by atoms with Gasteiger partial charge >= 0.3 is 0 Å². The van der Waals surface area contributed by atoms with E-state index >= 15 is 0 Å². The number of hydrogen-bond donors (Lipinski definition) is 1. The minimum atomic E-state index is 0.0539. The molecule has 0 fully saturated rings. The van der Waals surface area contributed by atoms with E-state index < -0.39 is 0 Å². The van der Waals surface area contributed by atoms with Crippen molar-refractivity contribution in [2.45, 2.75) is 0 Å². The fraction of sp³-hybridized carbons (Fsp3) is 0. The first-order chi connectivity index (χ1) is 5.04. The number of aromatic hydroxyl groups is 1. The number of phenolic OH excluding ortho intramolecular Hbond substituents is 1. The molecule has 54 valence electrons. The fourth-order valence-electron chi connectivity index (χ4n) is 0.485. The number of phenols is 1. The zero-order valence-electron chi connectivity index (χ0n) is 5.66. The Morgan fingerprint density at radius 2 is 1.90 bits per heavy atom. The molecule has 0 amide bonds. The molecule has 0 radical (unpaired) electrons. The summed E-state index contributed by atoms with van der Waals surface area (Å²) in [5.74, 6) is 0.0539. The third-order valence-corrected chi connectivity index (χ3v) is 2.52. The van der Waals surface area contributed by atoms with E-state index in [9.17, 15) is 5.11 Å². The Balaban J connectivity index is 3.46. The van der Waals surface area contributed by atoms with Crippen LogP contribution in [0.1, 0.15) is 1.37 Å². The molecule has 0 atom stereocenters. The molecule has 1 aromatic rings. The molecule has 1 aromatic carbocycles. The normalized spacial score (nSPS) is 11.3. The van der Waals surface area contributed by atoms with Crippen molar-refractivity contribution < 1.29 is 6.48 Å². The summed E-state index contributed by atoms with van der Waals surface area (Å²) in [6, 6.07) is 1.87. The van der Waals surface area contributed by atoms with Crippen LogP contribution in [0, 0.1) is 0 Å². The first-order valence-electron chi connectivity index (χ1n) is 2.87. The van der Waals surface area contributed by atoms with Gasteiger partial charge in [-0.05, 0) is 44.0 Å². The smallest absolute Gasteiger partial charge is 0.144 e. The molecular formula is C6H3Br3O. The van der Waals surface area contributed by atoms with E-state index in [4.69, 9.17) is 1.37 Å². The van der Waals surface area contributed by atoms with E-state index in [-0.39, 0.29) is 11.8 Å². The van der Waals surface area contributed by atoms with Crippen molar-refractivity contribution in [2.75, 3.05) is 0 Å². The fourth-order valence-corrected chi connectivity index (χ4v) is 2.61. The van der Waals surface area contributed by atoms with Crippen LogP contribution in [0.15, 0.2) is 25.5 Å². The van der Waals surface area contributed by atoms with Gasteiger partial charge in [0.1, 0.15) is 5.75 Å². The summed E-state index contributed by atoms with van der Waals surface area (Å²) in [7, 11) is 0. The van der Waals surface area contributed by atoms with Crippen molar-refractivity contribution in [3.8, 4) is 5.75 Å². The van der Waals surface area contributed by atoms with Crippen LogP contribution < -0.4 is 0 Å². The van der Waals surface area contributed by atoms with Crippen LogP contribution in [0.25, 0.3) is 0 Å². The van der Waals surface area contributed by atoms with Gasteiger partial charge in [0, 0.05) is 4.47 Å². The summed E-state index contributed by atoms with van der Waals surface area (Å²) in [5.41, 5.74) is 0. The third-order valence-electron chi connectivity index (χ3n) is 0.917. The van der Waals surface area contributed by atoms with Gasteiger partial charge in [-0.25, -0.2) is 0 Å². The molecule has 1 nitrogen and oxygen atoms in total. The van der Waals surface area contributed by atoms with Crippen molar-refractivity contribution in [1.29, 1.82) is 0 Å². The van der Waals surface area contributed by atoms with Crippen LogP contribution in [0.5, 0.6) is 5.75 Å². The van der Waals surface area contributed by atoms with Crippen LogP contribution in [0.2, 0.25) is 0 Å². The zero-order chi connectivity index (χ0) is 8.59. The molecule has 1 rings (SSSR count). The Morgan fingerprint density at radius 1 is 1.30 bits per heavy atom. The second-order valence-electron chi connectivity index (χ2n) is 1.63. The maximum absolute atomic E-state index is 9.28. The summed E-state index contributed by atoms with van der Waals surface area (Å²) < 4.78 is 8.99. The van der Waals surface area contributed by atoms with E-state index in [1.54, 1.807) is 6.07 Å². The van der Waals surface area contributed by atoms with Gasteiger partial charge in [-0.15, -0.1) is 0 Å². The molecule has 0 aliphatic rings. The highest BCUT2D eigenvalue weighted by molar-refractivity contribution is 9.11. The average molecular weight is 332 g/mol. The molecule has 0 aliphatic heterocycles. The number of rotatable bonds is 0. The Labute approximate surface area is 85.2 Å². The predicted molar refractivity (Wildman–Crippen MR) is 51.2 cm³/mol. The van der Waals surface area contributed by atoms with Crippen molar-refractivity contribution in [3.63, 3.8) is 0 Å². The van der Waals surface area contributed by atoms with Crippen molar-refractivity contribution in [3.05, 3.63) is 25.5 Å². The molecule has 0 aromatic heterocycles. The lowest BCUT2D eigenvalue weighted by Crippen LogP contribution is -1.71. The molecule has 0 unspecified atom stereocenters. The van der Waals surface area contributed by atoms with Crippen molar-refractivity contribution in [2.24, 2.45) is 0 Å². The second-order valence-corrected chi connectivity index (χ2v) is 4.13. The summed E-state index contributed by atoms with van der Waals surface area (Å²) in [6.45, 7) is 0. The van der Waals surface area contributed by atoms with Gasteiger partial charge in [0.25, 0.3) is 0 Å². The zero-order valence-corrected chi connectivity index (χ0v) is 9.42. The summed E-state index contributed by atoms with van der Waals surface area (Å²) >= 11 is 9.39. The lowest BCUT2D eigenvalue weighted by Gasteiger charge is -1.99. The largest absolute Gasteiger partial charge is 0.506 e. The summed E-state index contributed by atoms with van der Waals surface area (Å²) in [4.78, 5) is 0. The molecule has 0 spiro atoms. The third kappa shape index (κ3) is 1.74. The highest BCUT2D eigenvalue weighted by Gasteiger charge is 2.02. The van der Waals surface area contributed by atoms with E-state index in [0.29, 0.717) is 13.4 Å². The topological polar surface area (TPSA) is 20.2 Å². The lowest BCUT2D eigenvalue weighted by atomic mass is 10.3. The van der Waals surface area contributed by atoms with Crippen LogP contribution in [0.3, 0.4) is 0 Å². The van der Waals surface area contributed by atoms with Crippen LogP contribution in [-0.2, 0) is 0 Å². The monoisotopic (exact) mass is 329 g/mol. The van der Waals surface area contributed by atoms with Gasteiger partial charge in [-0.2, -0.15) is 0 Å². The van der Waals surface area contributed by atoms with E-state index in [2.05, 4.69) is 47.8 Å². The Kier molecular flexibility index (Phi) is 2.31. The minimum absolute atomic E-state index is 0.0539. The van der Waals surface area contributed by atoms with Gasteiger partial charge in [-0.3, -0.25) is 0 Å². The summed E-state index contributed by atoms with van der Waals surface area (Å²) in [6.07, 6.45) is 0. The first-order valence-corrected chi connectivity index (χ1v) is 4.75. The molecule has 0 heterocycles. The Morgan fingerprint density at radius 3 is 2.50 bits per heavy atom. The van der Waals surface area contributed by atoms with Gasteiger partial charge < -0.3 is 5.11 Å². The van der Waals surface area contributed by atoms with E-state index in [1.165, 1.54) is 0 Å². The second kappa shape index (κ2) is 3.24. The number of hydrogen-bond acceptors (Lipinski definition) is 1. The van der Waals surface area contributed by atoms with Gasteiger partial charge in [-0.1, -0.05) is 15.9 Å². The highest BCUT2D eigenvalue weighted by Crippen LogP contribution is 2.34. The molecular weight excluding hydrogens is 328 g/mol. The first kappa shape index (κ1) is 7.13. The Hall–Kier alpha value is 0.460. The maximum Gasteiger partial charge on any atom is 0.144 e. The molecule has 1 N–H and O–H groups in total. The van der Waals surface area contributed by atoms with Crippen LogP contribution >= 0.6 is 47.8 Å². The van der Waals surface area contributed by atoms with Crippen molar-refractivity contribution in [1.82, 2.24) is 0 Å². The maximum atomic E-state index is 9.28. The molecule has 10 heavy (non-hydrogen) atoms. The quantitative estimate of drug-likeness (QED) is 0.769. The minimum Gasteiger partial charge on any atom is -0.506 e. The predicted octanol–water partition coefficient (Wildman–Crippen LogP) is 3.68. The molecule has 0 bridgehead atoms. The van der Waals surface area contributed by atoms with E-state index in [1.807, 2.05) is 0 Å². The average Bonchev–Trinajstić information content (AvgIpc) is 1.97. The van der Waals surface area contributed by atoms with Crippen molar-refractivity contribution >= 4 is 47.8 Å². The Bertz CT molecular complexity index is 274. The lowest BCUT2D eigenvalue weighted by molar-refractivity contribution is 0.468. The van der Waals surface area contributed by atoms with E-state index in [0.717, 1.165) is 0 Å². The SMILES string of the molecule is [2H]c1c(Br)cc(Br)c(O)c1Br. The highest BCUT2D eigenvalue weighted by atomic mass is 79.9.